The van der Waals surface area contributed by atoms with Gasteiger partial charge in [0.25, 0.3) is 5.91 Å². The molecule has 8 heteroatoms. The highest BCUT2D eigenvalue weighted by Gasteiger charge is 2.18. The van der Waals surface area contributed by atoms with Crippen LogP contribution in [0.4, 0.5) is 0 Å². The second-order valence-electron chi connectivity index (χ2n) is 5.02. The van der Waals surface area contributed by atoms with Crippen molar-refractivity contribution in [1.29, 1.82) is 0 Å². The molecule has 0 radical (unpaired) electrons. The van der Waals surface area contributed by atoms with Gasteiger partial charge in [0.15, 0.2) is 5.69 Å². The first-order valence-electron chi connectivity index (χ1n) is 7.38. The third-order valence-electron chi connectivity index (χ3n) is 3.44. The van der Waals surface area contributed by atoms with Gasteiger partial charge in [-0.25, -0.2) is 4.68 Å². The molecule has 1 aromatic rings. The molecule has 3 N–H and O–H groups in total. The number of hydrogen-bond acceptors (Lipinski definition) is 5. The Morgan fingerprint density at radius 3 is 2.86 bits per heavy atom. The molecule has 2 amide bonds. The molecule has 1 aliphatic heterocycles. The number of nitrogens with one attached hydrogen (secondary N) is 3. The van der Waals surface area contributed by atoms with E-state index in [1.54, 1.807) is 10.9 Å². The number of nitrogens with zero attached hydrogens (tertiary/aromatic N) is 3. The average Bonchev–Trinajstić information content (AvgIpc) is 2.98. The molecule has 2 heterocycles. The predicted octanol–water partition coefficient (Wildman–Crippen LogP) is -0.541. The largest absolute Gasteiger partial charge is 0.356 e. The molecule has 0 unspecified atom stereocenters. The number of amides is 2. The molecular formula is C13H22N6O2. The fraction of sp³-hybridized carbons (Fsp3) is 0.692. The van der Waals surface area contributed by atoms with Crippen molar-refractivity contribution in [2.75, 3.05) is 26.2 Å². The van der Waals surface area contributed by atoms with Crippen LogP contribution in [0.1, 0.15) is 42.7 Å². The van der Waals surface area contributed by atoms with E-state index in [1.807, 2.05) is 6.92 Å². The first-order chi connectivity index (χ1) is 10.2. The van der Waals surface area contributed by atoms with Gasteiger partial charge < -0.3 is 16.0 Å². The fourth-order valence-corrected chi connectivity index (χ4v) is 2.30. The highest BCUT2D eigenvalue weighted by Crippen LogP contribution is 2.16. The van der Waals surface area contributed by atoms with Crippen molar-refractivity contribution in [3.63, 3.8) is 0 Å². The summed E-state index contributed by atoms with van der Waals surface area (Å²) in [5.74, 6) is -0.365. The Morgan fingerprint density at radius 2 is 2.14 bits per heavy atom. The summed E-state index contributed by atoms with van der Waals surface area (Å²) in [5, 5.41) is 16.6. The summed E-state index contributed by atoms with van der Waals surface area (Å²) >= 11 is 0. The normalized spacial score (nSPS) is 15.7. The van der Waals surface area contributed by atoms with E-state index in [9.17, 15) is 9.59 Å². The van der Waals surface area contributed by atoms with Crippen molar-refractivity contribution in [1.82, 2.24) is 30.9 Å². The number of piperidine rings is 1. The quantitative estimate of drug-likeness (QED) is 0.654. The molecule has 1 aromatic heterocycles. The van der Waals surface area contributed by atoms with Crippen LogP contribution in [0.15, 0.2) is 6.20 Å². The lowest BCUT2D eigenvalue weighted by Gasteiger charge is -2.22. The van der Waals surface area contributed by atoms with Crippen LogP contribution >= 0.6 is 0 Å². The van der Waals surface area contributed by atoms with Crippen molar-refractivity contribution in [3.05, 3.63) is 11.9 Å². The smallest absolute Gasteiger partial charge is 0.273 e. The van der Waals surface area contributed by atoms with Crippen LogP contribution in [-0.2, 0) is 4.79 Å². The Kier molecular flexibility index (Phi) is 5.68. The number of rotatable bonds is 6. The minimum Gasteiger partial charge on any atom is -0.356 e. The Hall–Kier alpha value is -1.96. The second kappa shape index (κ2) is 7.72. The lowest BCUT2D eigenvalue weighted by Crippen LogP contribution is -2.31. The first kappa shape index (κ1) is 15.4. The summed E-state index contributed by atoms with van der Waals surface area (Å²) in [6.07, 6.45) is 3.92. The maximum absolute atomic E-state index is 11.9. The molecule has 1 fully saturated rings. The molecule has 0 saturated carbocycles. The second-order valence-corrected chi connectivity index (χ2v) is 5.02. The fourth-order valence-electron chi connectivity index (χ4n) is 2.30. The molecule has 21 heavy (non-hydrogen) atoms. The van der Waals surface area contributed by atoms with Crippen LogP contribution in [0.3, 0.4) is 0 Å². The van der Waals surface area contributed by atoms with E-state index in [2.05, 4.69) is 26.3 Å². The minimum absolute atomic E-state index is 0.0730. The van der Waals surface area contributed by atoms with Gasteiger partial charge in [-0.1, -0.05) is 5.21 Å². The molecule has 0 atom stereocenters. The Bertz CT molecular complexity index is 481. The van der Waals surface area contributed by atoms with Gasteiger partial charge in [0.1, 0.15) is 0 Å². The van der Waals surface area contributed by atoms with Gasteiger partial charge in [-0.3, -0.25) is 9.59 Å². The van der Waals surface area contributed by atoms with Crippen molar-refractivity contribution < 1.29 is 9.59 Å². The van der Waals surface area contributed by atoms with Gasteiger partial charge >= 0.3 is 0 Å². The summed E-state index contributed by atoms with van der Waals surface area (Å²) < 4.78 is 1.76. The van der Waals surface area contributed by atoms with E-state index in [4.69, 9.17) is 0 Å². The highest BCUT2D eigenvalue weighted by molar-refractivity contribution is 5.92. The van der Waals surface area contributed by atoms with E-state index < -0.39 is 0 Å². The van der Waals surface area contributed by atoms with E-state index >= 15 is 0 Å². The van der Waals surface area contributed by atoms with E-state index in [1.165, 1.54) is 0 Å². The maximum Gasteiger partial charge on any atom is 0.273 e. The van der Waals surface area contributed by atoms with Crippen LogP contribution in [-0.4, -0.2) is 53.0 Å². The molecule has 8 nitrogen and oxygen atoms in total. The van der Waals surface area contributed by atoms with Gasteiger partial charge in [-0.05, 0) is 32.9 Å². The zero-order valence-corrected chi connectivity index (χ0v) is 12.3. The third kappa shape index (κ3) is 4.52. The number of hydrogen-bond donors (Lipinski definition) is 3. The average molecular weight is 294 g/mol. The number of carbonyl (C=O) groups is 2. The topological polar surface area (TPSA) is 101 Å². The van der Waals surface area contributed by atoms with Gasteiger partial charge in [-0.15, -0.1) is 5.10 Å². The van der Waals surface area contributed by atoms with Crippen molar-refractivity contribution >= 4 is 11.8 Å². The van der Waals surface area contributed by atoms with Crippen LogP contribution in [0, 0.1) is 0 Å². The third-order valence-corrected chi connectivity index (χ3v) is 3.44. The van der Waals surface area contributed by atoms with Crippen molar-refractivity contribution in [2.24, 2.45) is 0 Å². The lowest BCUT2D eigenvalue weighted by atomic mass is 10.1. The molecule has 1 aliphatic rings. The summed E-state index contributed by atoms with van der Waals surface area (Å²) in [4.78, 5) is 23.2. The summed E-state index contributed by atoms with van der Waals surface area (Å²) in [7, 11) is 0. The van der Waals surface area contributed by atoms with E-state index in [-0.39, 0.29) is 18.2 Å². The summed E-state index contributed by atoms with van der Waals surface area (Å²) in [6.45, 7) is 4.66. The molecular weight excluding hydrogens is 272 g/mol. The lowest BCUT2D eigenvalue weighted by molar-refractivity contribution is -0.120. The molecule has 0 aromatic carbocycles. The number of carbonyl (C=O) groups excluding carboxylic acids is 2. The molecule has 0 spiro atoms. The molecule has 0 aliphatic carbocycles. The van der Waals surface area contributed by atoms with Crippen LogP contribution in [0.25, 0.3) is 0 Å². The predicted molar refractivity (Wildman–Crippen MR) is 76.8 cm³/mol. The Balaban J connectivity index is 1.80. The van der Waals surface area contributed by atoms with Crippen LogP contribution in [0.2, 0.25) is 0 Å². The Morgan fingerprint density at radius 1 is 1.38 bits per heavy atom. The van der Waals surface area contributed by atoms with Crippen molar-refractivity contribution in [3.8, 4) is 0 Å². The van der Waals surface area contributed by atoms with E-state index in [0.717, 1.165) is 25.9 Å². The summed E-state index contributed by atoms with van der Waals surface area (Å²) in [5.41, 5.74) is 0.296. The van der Waals surface area contributed by atoms with Crippen LogP contribution in [0.5, 0.6) is 0 Å². The van der Waals surface area contributed by atoms with E-state index in [0.29, 0.717) is 24.8 Å². The minimum atomic E-state index is -0.292. The standard InChI is InChI=1S/C13H22N6O2/c1-2-15-12(20)5-8-16-13(21)11-9-19(18-17-11)10-3-6-14-7-4-10/h9-10,14H,2-8H2,1H3,(H,15,20)(H,16,21). The summed E-state index contributed by atoms with van der Waals surface area (Å²) in [6, 6.07) is 0.302. The van der Waals surface area contributed by atoms with Gasteiger partial charge in [0.05, 0.1) is 12.2 Å². The van der Waals surface area contributed by atoms with Crippen LogP contribution < -0.4 is 16.0 Å². The molecule has 2 rings (SSSR count). The maximum atomic E-state index is 11.9. The Labute approximate surface area is 123 Å². The monoisotopic (exact) mass is 294 g/mol. The van der Waals surface area contributed by atoms with Crippen molar-refractivity contribution in [2.45, 2.75) is 32.2 Å². The molecule has 116 valence electrons. The zero-order chi connectivity index (χ0) is 15.1. The van der Waals surface area contributed by atoms with Gasteiger partial charge in [0, 0.05) is 19.5 Å². The zero-order valence-electron chi connectivity index (χ0n) is 12.3. The first-order valence-corrected chi connectivity index (χ1v) is 7.38. The SMILES string of the molecule is CCNC(=O)CCNC(=O)c1cn(C2CCNCC2)nn1. The molecule has 1 saturated heterocycles. The molecule has 0 bridgehead atoms. The van der Waals surface area contributed by atoms with Gasteiger partial charge in [-0.2, -0.15) is 0 Å². The highest BCUT2D eigenvalue weighted by atomic mass is 16.2. The van der Waals surface area contributed by atoms with Gasteiger partial charge in [0.2, 0.25) is 5.91 Å². The number of aromatic nitrogens is 3.